The van der Waals surface area contributed by atoms with Gasteiger partial charge in [-0.15, -0.1) is 0 Å². The molecule has 0 spiro atoms. The Morgan fingerprint density at radius 3 is 2.75 bits per heavy atom. The lowest BCUT2D eigenvalue weighted by molar-refractivity contribution is -0.110. The van der Waals surface area contributed by atoms with Crippen molar-refractivity contribution < 1.29 is 4.79 Å². The molecule has 1 rings (SSSR count). The van der Waals surface area contributed by atoms with Gasteiger partial charge in [-0.05, 0) is 19.4 Å². The van der Waals surface area contributed by atoms with Crippen molar-refractivity contribution in [1.82, 2.24) is 4.81 Å². The second-order valence-electron chi connectivity index (χ2n) is 2.33. The molecule has 3 heteroatoms. The van der Waals surface area contributed by atoms with Crippen molar-refractivity contribution in [3.8, 4) is 0 Å². The molecule has 0 aliphatic carbocycles. The zero-order valence-corrected chi connectivity index (χ0v) is 5.13. The van der Waals surface area contributed by atoms with Crippen molar-refractivity contribution in [3.63, 3.8) is 0 Å². The van der Waals surface area contributed by atoms with Crippen LogP contribution in [0.1, 0.15) is 12.8 Å². The van der Waals surface area contributed by atoms with Crippen molar-refractivity contribution in [2.45, 2.75) is 18.9 Å². The maximum absolute atomic E-state index is 10.2. The highest BCUT2D eigenvalue weighted by Gasteiger charge is 2.18. The first-order valence-electron chi connectivity index (χ1n) is 3.00. The third kappa shape index (κ3) is 0.918. The maximum atomic E-state index is 10.2. The fraction of sp³-hybridized carbons (Fsp3) is 0.800. The summed E-state index contributed by atoms with van der Waals surface area (Å²) in [5.74, 6) is 0. The molecule has 0 bridgehead atoms. The molecule has 1 aliphatic heterocycles. The van der Waals surface area contributed by atoms with E-state index in [0.717, 1.165) is 19.3 Å². The van der Waals surface area contributed by atoms with Crippen LogP contribution in [-0.2, 0) is 4.79 Å². The predicted octanol–water partition coefficient (Wildman–Crippen LogP) is -0.802. The molecule has 0 aromatic carbocycles. The predicted molar refractivity (Wildman–Crippen MR) is 34.3 cm³/mol. The molecule has 0 saturated carbocycles. The zero-order valence-electron chi connectivity index (χ0n) is 5.13. The largest absolute Gasteiger partial charge is 0.340 e. The summed E-state index contributed by atoms with van der Waals surface area (Å²) >= 11 is 0. The molecule has 2 nitrogen and oxygen atoms in total. The number of hydrogen-bond acceptors (Lipinski definition) is 2. The first-order chi connectivity index (χ1) is 3.84. The summed E-state index contributed by atoms with van der Waals surface area (Å²) < 4.78 is 0. The van der Waals surface area contributed by atoms with Gasteiger partial charge in [0.05, 0.1) is 6.04 Å². The van der Waals surface area contributed by atoms with Gasteiger partial charge in [0.2, 0.25) is 0 Å². The van der Waals surface area contributed by atoms with Crippen molar-refractivity contribution in [3.05, 3.63) is 0 Å². The third-order valence-corrected chi connectivity index (χ3v) is 1.73. The van der Waals surface area contributed by atoms with Crippen LogP contribution in [-0.4, -0.2) is 31.7 Å². The van der Waals surface area contributed by atoms with Crippen LogP contribution in [0.2, 0.25) is 0 Å². The van der Waals surface area contributed by atoms with Crippen LogP contribution in [0.5, 0.6) is 0 Å². The average molecular weight is 111 g/mol. The van der Waals surface area contributed by atoms with Gasteiger partial charge in [-0.3, -0.25) is 0 Å². The minimum absolute atomic E-state index is 0.218. The van der Waals surface area contributed by atoms with E-state index in [0.29, 0.717) is 0 Å². The summed E-state index contributed by atoms with van der Waals surface area (Å²) in [6.45, 7) is 1.09. The van der Waals surface area contributed by atoms with Crippen molar-refractivity contribution in [1.29, 1.82) is 0 Å². The first kappa shape index (κ1) is 5.82. The molecular weight excluding hydrogens is 101 g/mol. The van der Waals surface area contributed by atoms with Gasteiger partial charge in [0.1, 0.15) is 6.29 Å². The topological polar surface area (TPSA) is 20.3 Å². The van der Waals surface area contributed by atoms with Crippen molar-refractivity contribution in [2.75, 3.05) is 6.54 Å². The fourth-order valence-corrected chi connectivity index (χ4v) is 1.11. The van der Waals surface area contributed by atoms with Crippen LogP contribution in [0.4, 0.5) is 0 Å². The lowest BCUT2D eigenvalue weighted by Gasteiger charge is -2.11. The quantitative estimate of drug-likeness (QED) is 0.326. The van der Waals surface area contributed by atoms with E-state index in [4.69, 9.17) is 0 Å². The van der Waals surface area contributed by atoms with Gasteiger partial charge in [-0.25, -0.2) is 0 Å². The lowest BCUT2D eigenvalue weighted by atomic mass is 10.2. The van der Waals surface area contributed by atoms with E-state index in [2.05, 4.69) is 4.81 Å². The van der Waals surface area contributed by atoms with E-state index in [-0.39, 0.29) is 6.04 Å². The Kier molecular flexibility index (Phi) is 1.68. The van der Waals surface area contributed by atoms with Gasteiger partial charge in [-0.1, -0.05) is 0 Å². The molecular formula is C5H10BNO. The maximum Gasteiger partial charge on any atom is 0.186 e. The molecule has 1 heterocycles. The Labute approximate surface area is 50.3 Å². The van der Waals surface area contributed by atoms with E-state index in [1.165, 1.54) is 6.42 Å². The van der Waals surface area contributed by atoms with Crippen LogP contribution >= 0.6 is 0 Å². The standard InChI is InChI=1S/C5H10BNO/c6-7-3-1-2-5(7)4-8/h4-5H,1-3,6H2/t5-/m0/s1. The number of hydrogen-bond donors (Lipinski definition) is 0. The second-order valence-corrected chi connectivity index (χ2v) is 2.33. The highest BCUT2D eigenvalue weighted by Crippen LogP contribution is 2.10. The molecule has 8 heavy (non-hydrogen) atoms. The Bertz CT molecular complexity index is 96.4. The third-order valence-electron chi connectivity index (χ3n) is 1.73. The summed E-state index contributed by atoms with van der Waals surface area (Å²) in [4.78, 5) is 12.3. The summed E-state index contributed by atoms with van der Waals surface area (Å²) in [5, 5.41) is 0. The monoisotopic (exact) mass is 111 g/mol. The van der Waals surface area contributed by atoms with Crippen LogP contribution in [0.25, 0.3) is 0 Å². The Morgan fingerprint density at radius 1 is 1.75 bits per heavy atom. The number of aldehydes is 1. The molecule has 44 valence electrons. The molecule has 1 saturated heterocycles. The number of carbonyl (C=O) groups is 1. The van der Waals surface area contributed by atoms with Gasteiger partial charge in [0, 0.05) is 0 Å². The minimum atomic E-state index is 0.218. The summed E-state index contributed by atoms with van der Waals surface area (Å²) in [6, 6.07) is 0.218. The van der Waals surface area contributed by atoms with E-state index < -0.39 is 0 Å². The molecule has 1 fully saturated rings. The molecule has 1 aliphatic rings. The molecule has 1 atom stereocenters. The average Bonchev–Trinajstić information content (AvgIpc) is 2.14. The molecule has 0 unspecified atom stereocenters. The number of rotatable bonds is 1. The number of carbonyl (C=O) groups excluding carboxylic acids is 1. The number of nitrogens with zero attached hydrogens (tertiary/aromatic N) is 1. The van der Waals surface area contributed by atoms with Crippen LogP contribution < -0.4 is 0 Å². The van der Waals surface area contributed by atoms with E-state index >= 15 is 0 Å². The molecule has 0 aromatic rings. The Hall–Kier alpha value is -0.305. The van der Waals surface area contributed by atoms with Crippen LogP contribution in [0.3, 0.4) is 0 Å². The first-order valence-corrected chi connectivity index (χ1v) is 3.00. The van der Waals surface area contributed by atoms with Gasteiger partial charge in [-0.2, -0.15) is 0 Å². The second kappa shape index (κ2) is 2.31. The van der Waals surface area contributed by atoms with Gasteiger partial charge >= 0.3 is 0 Å². The fourth-order valence-electron chi connectivity index (χ4n) is 1.11. The van der Waals surface area contributed by atoms with Crippen LogP contribution in [0, 0.1) is 0 Å². The lowest BCUT2D eigenvalue weighted by Crippen LogP contribution is -2.27. The minimum Gasteiger partial charge on any atom is -0.340 e. The van der Waals surface area contributed by atoms with E-state index in [9.17, 15) is 4.79 Å². The SMILES string of the molecule is BN1CCC[C@H]1C=O. The molecule has 0 N–H and O–H groups in total. The van der Waals surface area contributed by atoms with Gasteiger partial charge in [0.15, 0.2) is 7.98 Å². The highest BCUT2D eigenvalue weighted by molar-refractivity contribution is 6.05. The van der Waals surface area contributed by atoms with Gasteiger partial charge < -0.3 is 9.61 Å². The van der Waals surface area contributed by atoms with Crippen molar-refractivity contribution in [2.24, 2.45) is 0 Å². The Balaban J connectivity index is 2.41. The molecule has 0 aromatic heterocycles. The highest BCUT2D eigenvalue weighted by atomic mass is 16.1. The summed E-state index contributed by atoms with van der Waals surface area (Å²) in [7, 11) is 1.99. The smallest absolute Gasteiger partial charge is 0.186 e. The molecule has 0 radical (unpaired) electrons. The van der Waals surface area contributed by atoms with Crippen LogP contribution in [0.15, 0.2) is 0 Å². The normalized spacial score (nSPS) is 30.8. The zero-order chi connectivity index (χ0) is 5.98. The van der Waals surface area contributed by atoms with Crippen molar-refractivity contribution >= 4 is 14.3 Å². The van der Waals surface area contributed by atoms with E-state index in [1.807, 2.05) is 7.98 Å². The summed E-state index contributed by atoms with van der Waals surface area (Å²) in [5.41, 5.74) is 0. The van der Waals surface area contributed by atoms with Gasteiger partial charge in [0.25, 0.3) is 0 Å². The Morgan fingerprint density at radius 2 is 2.50 bits per heavy atom. The van der Waals surface area contributed by atoms with E-state index in [1.54, 1.807) is 0 Å². The summed E-state index contributed by atoms with van der Waals surface area (Å²) in [6.07, 6.45) is 3.27. The molecule has 0 amide bonds.